The molecule has 5 nitrogen and oxygen atoms in total. The number of rotatable bonds is 5. The molecule has 0 saturated carbocycles. The van der Waals surface area contributed by atoms with E-state index in [0.29, 0.717) is 17.0 Å². The van der Waals surface area contributed by atoms with Crippen molar-refractivity contribution < 1.29 is 4.79 Å². The molecule has 0 aliphatic rings. The molecule has 1 aromatic carbocycles. The molecule has 102 valence electrons. The van der Waals surface area contributed by atoms with Crippen LogP contribution in [0.3, 0.4) is 0 Å². The number of aromatic nitrogens is 2. The third-order valence-electron chi connectivity index (χ3n) is 2.79. The third-order valence-corrected chi connectivity index (χ3v) is 3.55. The number of benzene rings is 1. The summed E-state index contributed by atoms with van der Waals surface area (Å²) < 4.78 is 3.82. The molecule has 2 rings (SSSR count). The molecule has 2 aromatic rings. The summed E-state index contributed by atoms with van der Waals surface area (Å²) in [6, 6.07) is 10.6. The first-order valence-corrected chi connectivity index (χ1v) is 7.10. The SMILES string of the molecule is CCCc1nnsc1C(=O)NC(C#N)c1ccccc1. The molecular weight excluding hydrogens is 272 g/mol. The van der Waals surface area contributed by atoms with Gasteiger partial charge in [-0.05, 0) is 23.5 Å². The zero-order valence-corrected chi connectivity index (χ0v) is 11.9. The van der Waals surface area contributed by atoms with E-state index in [4.69, 9.17) is 0 Å². The lowest BCUT2D eigenvalue weighted by Gasteiger charge is -2.11. The Bertz CT molecular complexity index is 618. The second-order valence-electron chi connectivity index (χ2n) is 4.25. The maximum Gasteiger partial charge on any atom is 0.266 e. The lowest BCUT2D eigenvalue weighted by atomic mass is 10.1. The molecule has 0 bridgehead atoms. The van der Waals surface area contributed by atoms with Crippen molar-refractivity contribution >= 4 is 17.4 Å². The topological polar surface area (TPSA) is 78.7 Å². The largest absolute Gasteiger partial charge is 0.332 e. The summed E-state index contributed by atoms with van der Waals surface area (Å²) >= 11 is 1.06. The monoisotopic (exact) mass is 286 g/mol. The Morgan fingerprint density at radius 3 is 2.85 bits per heavy atom. The van der Waals surface area contributed by atoms with E-state index >= 15 is 0 Å². The zero-order chi connectivity index (χ0) is 14.4. The van der Waals surface area contributed by atoms with Gasteiger partial charge in [-0.2, -0.15) is 5.26 Å². The Balaban J connectivity index is 2.14. The van der Waals surface area contributed by atoms with Crippen LogP contribution < -0.4 is 5.32 Å². The summed E-state index contributed by atoms with van der Waals surface area (Å²) in [5.74, 6) is -0.293. The normalized spacial score (nSPS) is 11.6. The van der Waals surface area contributed by atoms with Crippen molar-refractivity contribution in [2.24, 2.45) is 0 Å². The predicted molar refractivity (Wildman–Crippen MR) is 76.2 cm³/mol. The fourth-order valence-electron chi connectivity index (χ4n) is 1.81. The van der Waals surface area contributed by atoms with Crippen molar-refractivity contribution in [2.45, 2.75) is 25.8 Å². The molecule has 1 unspecified atom stereocenters. The minimum absolute atomic E-state index is 0.293. The number of nitriles is 1. The van der Waals surface area contributed by atoms with Crippen LogP contribution in [0.5, 0.6) is 0 Å². The van der Waals surface area contributed by atoms with E-state index in [1.165, 1.54) is 0 Å². The van der Waals surface area contributed by atoms with Gasteiger partial charge in [0.1, 0.15) is 10.9 Å². The van der Waals surface area contributed by atoms with Crippen molar-refractivity contribution in [3.05, 3.63) is 46.5 Å². The number of amides is 1. The van der Waals surface area contributed by atoms with Gasteiger partial charge < -0.3 is 5.32 Å². The molecule has 6 heteroatoms. The van der Waals surface area contributed by atoms with Crippen LogP contribution in [0.25, 0.3) is 0 Å². The minimum atomic E-state index is -0.666. The van der Waals surface area contributed by atoms with Crippen LogP contribution in [-0.4, -0.2) is 15.5 Å². The van der Waals surface area contributed by atoms with E-state index in [2.05, 4.69) is 21.0 Å². The van der Waals surface area contributed by atoms with Crippen molar-refractivity contribution in [1.82, 2.24) is 14.9 Å². The maximum atomic E-state index is 12.2. The predicted octanol–water partition coefficient (Wildman–Crippen LogP) is 2.49. The lowest BCUT2D eigenvalue weighted by Crippen LogP contribution is -2.27. The van der Waals surface area contributed by atoms with Gasteiger partial charge in [-0.15, -0.1) is 5.10 Å². The van der Waals surface area contributed by atoms with Crippen LogP contribution in [-0.2, 0) is 6.42 Å². The Morgan fingerprint density at radius 1 is 1.45 bits per heavy atom. The molecule has 0 aliphatic carbocycles. The Morgan fingerprint density at radius 2 is 2.20 bits per heavy atom. The van der Waals surface area contributed by atoms with Crippen LogP contribution in [0.15, 0.2) is 30.3 Å². The molecule has 1 atom stereocenters. The second-order valence-corrected chi connectivity index (χ2v) is 5.00. The number of hydrogen-bond acceptors (Lipinski definition) is 5. The molecule has 0 saturated heterocycles. The van der Waals surface area contributed by atoms with E-state index in [1.807, 2.05) is 37.3 Å². The average molecular weight is 286 g/mol. The number of hydrogen-bond donors (Lipinski definition) is 1. The van der Waals surface area contributed by atoms with E-state index in [0.717, 1.165) is 23.5 Å². The highest BCUT2D eigenvalue weighted by atomic mass is 32.1. The smallest absolute Gasteiger partial charge is 0.266 e. The molecule has 1 amide bonds. The summed E-state index contributed by atoms with van der Waals surface area (Å²) in [5.41, 5.74) is 1.46. The number of carbonyl (C=O) groups is 1. The number of nitrogens with one attached hydrogen (secondary N) is 1. The summed E-state index contributed by atoms with van der Waals surface area (Å²) in [6.07, 6.45) is 1.61. The number of nitrogens with zero attached hydrogens (tertiary/aromatic N) is 3. The molecule has 0 spiro atoms. The minimum Gasteiger partial charge on any atom is -0.332 e. The molecular formula is C14H14N4OS. The van der Waals surface area contributed by atoms with E-state index in [-0.39, 0.29) is 5.91 Å². The van der Waals surface area contributed by atoms with E-state index in [1.54, 1.807) is 0 Å². The Hall–Kier alpha value is -2.26. The second kappa shape index (κ2) is 6.78. The van der Waals surface area contributed by atoms with Gasteiger partial charge in [-0.25, -0.2) is 0 Å². The highest BCUT2D eigenvalue weighted by molar-refractivity contribution is 7.08. The maximum absolute atomic E-state index is 12.2. The first kappa shape index (κ1) is 14.2. The fraction of sp³-hybridized carbons (Fsp3) is 0.286. The van der Waals surface area contributed by atoms with Crippen molar-refractivity contribution in [3.8, 4) is 6.07 Å². The molecule has 1 N–H and O–H groups in total. The van der Waals surface area contributed by atoms with E-state index in [9.17, 15) is 10.1 Å². The van der Waals surface area contributed by atoms with Crippen LogP contribution >= 0.6 is 11.5 Å². The van der Waals surface area contributed by atoms with Crippen molar-refractivity contribution in [2.75, 3.05) is 0 Å². The summed E-state index contributed by atoms with van der Waals surface area (Å²) in [6.45, 7) is 2.02. The molecule has 0 aliphatic heterocycles. The van der Waals surface area contributed by atoms with E-state index < -0.39 is 6.04 Å². The fourth-order valence-corrected chi connectivity index (χ4v) is 2.42. The first-order valence-electron chi connectivity index (χ1n) is 6.33. The summed E-state index contributed by atoms with van der Waals surface area (Å²) in [7, 11) is 0. The quantitative estimate of drug-likeness (QED) is 0.915. The van der Waals surface area contributed by atoms with Crippen LogP contribution in [0.1, 0.15) is 40.3 Å². The van der Waals surface area contributed by atoms with Crippen LogP contribution in [0.4, 0.5) is 0 Å². The zero-order valence-electron chi connectivity index (χ0n) is 11.0. The summed E-state index contributed by atoms with van der Waals surface area (Å²) in [4.78, 5) is 12.7. The molecule has 0 radical (unpaired) electrons. The van der Waals surface area contributed by atoms with Gasteiger partial charge in [0, 0.05) is 0 Å². The van der Waals surface area contributed by atoms with Crippen LogP contribution in [0.2, 0.25) is 0 Å². The molecule has 0 fully saturated rings. The van der Waals surface area contributed by atoms with Crippen molar-refractivity contribution in [3.63, 3.8) is 0 Å². The highest BCUT2D eigenvalue weighted by Crippen LogP contribution is 2.16. The Labute approximate surface area is 121 Å². The van der Waals surface area contributed by atoms with Gasteiger partial charge >= 0.3 is 0 Å². The number of aryl methyl sites for hydroxylation is 1. The average Bonchev–Trinajstić information content (AvgIpc) is 2.94. The lowest BCUT2D eigenvalue weighted by molar-refractivity contribution is 0.0948. The van der Waals surface area contributed by atoms with Gasteiger partial charge in [0.2, 0.25) is 0 Å². The van der Waals surface area contributed by atoms with Crippen LogP contribution in [0, 0.1) is 11.3 Å². The first-order chi connectivity index (χ1) is 9.76. The molecule has 1 heterocycles. The summed E-state index contributed by atoms with van der Waals surface area (Å²) in [5, 5.41) is 15.9. The van der Waals surface area contributed by atoms with Crippen molar-refractivity contribution in [1.29, 1.82) is 5.26 Å². The third kappa shape index (κ3) is 3.19. The highest BCUT2D eigenvalue weighted by Gasteiger charge is 2.20. The standard InChI is InChI=1S/C14H14N4OS/c1-2-6-11-13(20-18-17-11)14(19)16-12(9-15)10-7-4-3-5-8-10/h3-5,7-8,12H,2,6H2,1H3,(H,16,19). The van der Waals surface area contributed by atoms with Gasteiger partial charge in [0.15, 0.2) is 0 Å². The van der Waals surface area contributed by atoms with Gasteiger partial charge in [-0.1, -0.05) is 48.2 Å². The van der Waals surface area contributed by atoms with Gasteiger partial charge in [0.25, 0.3) is 5.91 Å². The van der Waals surface area contributed by atoms with Gasteiger partial charge in [0.05, 0.1) is 11.8 Å². The van der Waals surface area contributed by atoms with Gasteiger partial charge in [-0.3, -0.25) is 4.79 Å². The molecule has 20 heavy (non-hydrogen) atoms. The Kier molecular flexibility index (Phi) is 4.80. The number of carbonyl (C=O) groups excluding carboxylic acids is 1. The molecule has 1 aromatic heterocycles.